The van der Waals surface area contributed by atoms with Crippen LogP contribution in [-0.4, -0.2) is 35.1 Å². The zero-order valence-electron chi connectivity index (χ0n) is 11.2. The van der Waals surface area contributed by atoms with Crippen molar-refractivity contribution in [3.63, 3.8) is 0 Å². The van der Waals surface area contributed by atoms with E-state index in [0.29, 0.717) is 18.0 Å². The predicted molar refractivity (Wildman–Crippen MR) is 77.5 cm³/mol. The number of fused-ring (bicyclic) bond motifs is 1. The molecule has 3 rings (SSSR count). The molecule has 1 amide bonds. The lowest BCUT2D eigenvalue weighted by Gasteiger charge is -2.34. The van der Waals surface area contributed by atoms with Crippen LogP contribution in [0.15, 0.2) is 24.3 Å². The molecule has 1 saturated heterocycles. The zero-order chi connectivity index (χ0) is 14.3. The van der Waals surface area contributed by atoms with Gasteiger partial charge in [0.1, 0.15) is 5.82 Å². The molecular weight excluding hydrogens is 277 g/mol. The van der Waals surface area contributed by atoms with Crippen LogP contribution >= 0.6 is 11.3 Å². The first-order valence-electron chi connectivity index (χ1n) is 6.71. The van der Waals surface area contributed by atoms with E-state index in [1.807, 2.05) is 6.92 Å². The van der Waals surface area contributed by atoms with E-state index in [-0.39, 0.29) is 17.6 Å². The average molecular weight is 293 g/mol. The van der Waals surface area contributed by atoms with Gasteiger partial charge in [-0.2, -0.15) is 0 Å². The molecule has 1 aromatic carbocycles. The van der Waals surface area contributed by atoms with Gasteiger partial charge in [0.25, 0.3) is 5.91 Å². The molecule has 0 radical (unpaired) electrons. The van der Waals surface area contributed by atoms with Gasteiger partial charge in [-0.25, -0.2) is 4.39 Å². The monoisotopic (exact) mass is 293 g/mol. The van der Waals surface area contributed by atoms with Crippen molar-refractivity contribution < 1.29 is 14.3 Å². The van der Waals surface area contributed by atoms with Gasteiger partial charge in [-0.05, 0) is 42.0 Å². The SMILES string of the molecule is CC1CCN(C(=O)c2cc3cc(F)ccc3s2)CC1O. The standard InChI is InChI=1S/C15H16FNO2S/c1-9-4-5-17(8-12(9)18)15(19)14-7-10-6-11(16)2-3-13(10)20-14/h2-3,6-7,9,12,18H,4-5,8H2,1H3. The molecule has 2 atom stereocenters. The summed E-state index contributed by atoms with van der Waals surface area (Å²) in [6.45, 7) is 3.04. The first-order valence-corrected chi connectivity index (χ1v) is 7.52. The van der Waals surface area contributed by atoms with Gasteiger partial charge in [0.15, 0.2) is 0 Å². The Balaban J connectivity index is 1.85. The van der Waals surface area contributed by atoms with Crippen molar-refractivity contribution in [1.29, 1.82) is 0 Å². The number of thiophene rings is 1. The van der Waals surface area contributed by atoms with Gasteiger partial charge < -0.3 is 10.0 Å². The van der Waals surface area contributed by atoms with Crippen LogP contribution in [0.25, 0.3) is 10.1 Å². The van der Waals surface area contributed by atoms with Crippen molar-refractivity contribution in [2.45, 2.75) is 19.4 Å². The maximum absolute atomic E-state index is 13.2. The van der Waals surface area contributed by atoms with Crippen LogP contribution < -0.4 is 0 Å². The number of rotatable bonds is 1. The lowest BCUT2D eigenvalue weighted by atomic mass is 9.96. The largest absolute Gasteiger partial charge is 0.391 e. The minimum atomic E-state index is -0.459. The van der Waals surface area contributed by atoms with Crippen LogP contribution in [0.1, 0.15) is 23.0 Å². The van der Waals surface area contributed by atoms with E-state index in [1.165, 1.54) is 23.5 Å². The summed E-state index contributed by atoms with van der Waals surface area (Å²) in [6, 6.07) is 6.27. The molecule has 2 aromatic rings. The van der Waals surface area contributed by atoms with Crippen LogP contribution in [0, 0.1) is 11.7 Å². The summed E-state index contributed by atoms with van der Waals surface area (Å²) in [4.78, 5) is 14.7. The van der Waals surface area contributed by atoms with Crippen molar-refractivity contribution in [2.75, 3.05) is 13.1 Å². The molecule has 3 nitrogen and oxygen atoms in total. The maximum Gasteiger partial charge on any atom is 0.264 e. The Morgan fingerprint density at radius 3 is 3.00 bits per heavy atom. The molecule has 0 aliphatic carbocycles. The normalized spacial score (nSPS) is 23.2. The van der Waals surface area contributed by atoms with E-state index in [0.717, 1.165) is 16.5 Å². The zero-order valence-corrected chi connectivity index (χ0v) is 12.0. The van der Waals surface area contributed by atoms with Crippen molar-refractivity contribution in [1.82, 2.24) is 4.90 Å². The molecule has 1 N–H and O–H groups in total. The quantitative estimate of drug-likeness (QED) is 0.878. The van der Waals surface area contributed by atoms with Crippen LogP contribution in [0.2, 0.25) is 0 Å². The number of halogens is 1. The molecule has 0 spiro atoms. The third-order valence-corrected chi connectivity index (χ3v) is 5.00. The van der Waals surface area contributed by atoms with E-state index < -0.39 is 6.10 Å². The Morgan fingerprint density at radius 2 is 2.25 bits per heavy atom. The second-order valence-electron chi connectivity index (χ2n) is 5.38. The molecule has 5 heteroatoms. The molecule has 2 heterocycles. The van der Waals surface area contributed by atoms with Crippen molar-refractivity contribution in [2.24, 2.45) is 5.92 Å². The fourth-order valence-electron chi connectivity index (χ4n) is 2.51. The molecule has 1 aromatic heterocycles. The Bertz CT molecular complexity index is 654. The van der Waals surface area contributed by atoms with Crippen molar-refractivity contribution in [3.8, 4) is 0 Å². The molecule has 1 aliphatic heterocycles. The lowest BCUT2D eigenvalue weighted by Crippen LogP contribution is -2.45. The van der Waals surface area contributed by atoms with Gasteiger partial charge in [-0.3, -0.25) is 4.79 Å². The van der Waals surface area contributed by atoms with E-state index in [4.69, 9.17) is 0 Å². The predicted octanol–water partition coefficient (Wildman–Crippen LogP) is 2.88. The van der Waals surface area contributed by atoms with Crippen LogP contribution in [-0.2, 0) is 0 Å². The number of amides is 1. The summed E-state index contributed by atoms with van der Waals surface area (Å²) in [5, 5.41) is 10.6. The van der Waals surface area contributed by atoms with Crippen LogP contribution in [0.3, 0.4) is 0 Å². The highest BCUT2D eigenvalue weighted by molar-refractivity contribution is 7.20. The number of piperidine rings is 1. The van der Waals surface area contributed by atoms with Gasteiger partial charge >= 0.3 is 0 Å². The molecule has 106 valence electrons. The Morgan fingerprint density at radius 1 is 1.45 bits per heavy atom. The lowest BCUT2D eigenvalue weighted by molar-refractivity contribution is 0.0251. The number of β-amino-alcohol motifs (C(OH)–C–C–N with tert-alkyl or cyclic N) is 1. The van der Waals surface area contributed by atoms with Crippen molar-refractivity contribution >= 4 is 27.3 Å². The smallest absolute Gasteiger partial charge is 0.264 e. The van der Waals surface area contributed by atoms with Crippen LogP contribution in [0.5, 0.6) is 0 Å². The molecule has 0 saturated carbocycles. The summed E-state index contributed by atoms with van der Waals surface area (Å²) in [5.41, 5.74) is 0. The van der Waals surface area contributed by atoms with E-state index in [1.54, 1.807) is 17.0 Å². The first-order chi connectivity index (χ1) is 9.54. The Kier molecular flexibility index (Phi) is 3.48. The molecule has 0 bridgehead atoms. The van der Waals surface area contributed by atoms with E-state index in [2.05, 4.69) is 0 Å². The first kappa shape index (κ1) is 13.5. The van der Waals surface area contributed by atoms with Crippen molar-refractivity contribution in [3.05, 3.63) is 35.0 Å². The second kappa shape index (κ2) is 5.14. The fourth-order valence-corrected chi connectivity index (χ4v) is 3.52. The highest BCUT2D eigenvalue weighted by Crippen LogP contribution is 2.28. The number of likely N-dealkylation sites (tertiary alicyclic amines) is 1. The van der Waals surface area contributed by atoms with Gasteiger partial charge in [-0.1, -0.05) is 6.92 Å². The maximum atomic E-state index is 13.2. The summed E-state index contributed by atoms with van der Waals surface area (Å²) in [7, 11) is 0. The summed E-state index contributed by atoms with van der Waals surface area (Å²) in [6.07, 6.45) is 0.353. The fraction of sp³-hybridized carbons (Fsp3) is 0.400. The third kappa shape index (κ3) is 2.43. The highest BCUT2D eigenvalue weighted by atomic mass is 32.1. The molecule has 20 heavy (non-hydrogen) atoms. The minimum absolute atomic E-state index is 0.0717. The topological polar surface area (TPSA) is 40.5 Å². The number of carbonyl (C=O) groups excluding carboxylic acids is 1. The number of hydrogen-bond donors (Lipinski definition) is 1. The number of carbonyl (C=O) groups is 1. The van der Waals surface area contributed by atoms with Gasteiger partial charge in [0.2, 0.25) is 0 Å². The summed E-state index contributed by atoms with van der Waals surface area (Å²) >= 11 is 1.37. The van der Waals surface area contributed by atoms with Gasteiger partial charge in [0.05, 0.1) is 11.0 Å². The number of nitrogens with zero attached hydrogens (tertiary/aromatic N) is 1. The summed E-state index contributed by atoms with van der Waals surface area (Å²) < 4.78 is 14.1. The van der Waals surface area contributed by atoms with Gasteiger partial charge in [-0.15, -0.1) is 11.3 Å². The third-order valence-electron chi connectivity index (χ3n) is 3.89. The number of hydrogen-bond acceptors (Lipinski definition) is 3. The minimum Gasteiger partial charge on any atom is -0.391 e. The number of benzene rings is 1. The second-order valence-corrected chi connectivity index (χ2v) is 6.46. The molecule has 1 fully saturated rings. The molecular formula is C15H16FNO2S. The number of aliphatic hydroxyl groups is 1. The van der Waals surface area contributed by atoms with E-state index >= 15 is 0 Å². The van der Waals surface area contributed by atoms with E-state index in [9.17, 15) is 14.3 Å². The molecule has 1 aliphatic rings. The van der Waals surface area contributed by atoms with Crippen LogP contribution in [0.4, 0.5) is 4.39 Å². The highest BCUT2D eigenvalue weighted by Gasteiger charge is 2.28. The number of aliphatic hydroxyl groups excluding tert-OH is 1. The Hall–Kier alpha value is -1.46. The Labute approximate surface area is 120 Å². The van der Waals surface area contributed by atoms with Gasteiger partial charge in [0, 0.05) is 17.8 Å². The average Bonchev–Trinajstić information content (AvgIpc) is 2.84. The summed E-state index contributed by atoms with van der Waals surface area (Å²) in [5.74, 6) is -0.135. The molecule has 2 unspecified atom stereocenters.